The Kier molecular flexibility index (Phi) is 3.69. The third kappa shape index (κ3) is 2.42. The van der Waals surface area contributed by atoms with Gasteiger partial charge in [0.2, 0.25) is 0 Å². The van der Waals surface area contributed by atoms with Gasteiger partial charge in [0.05, 0.1) is 5.02 Å². The number of fused-ring (bicyclic) bond motifs is 1. The van der Waals surface area contributed by atoms with E-state index >= 15 is 0 Å². The second-order valence-corrected chi connectivity index (χ2v) is 6.79. The molecule has 3 rings (SSSR count). The summed E-state index contributed by atoms with van der Waals surface area (Å²) in [5.41, 5.74) is 0. The number of amides is 1. The van der Waals surface area contributed by atoms with Crippen LogP contribution in [0, 0.1) is 11.7 Å². The lowest BCUT2D eigenvalue weighted by molar-refractivity contribution is 0.0702. The Labute approximate surface area is 126 Å². The minimum Gasteiger partial charge on any atom is -0.338 e. The molecule has 2 heterocycles. The second-order valence-electron chi connectivity index (χ2n) is 5.36. The number of nitrogens with zero attached hydrogens (tertiary/aromatic N) is 1. The maximum absolute atomic E-state index is 13.2. The van der Waals surface area contributed by atoms with Crippen molar-refractivity contribution in [1.29, 1.82) is 0 Å². The van der Waals surface area contributed by atoms with Gasteiger partial charge in [-0.2, -0.15) is 0 Å². The highest BCUT2D eigenvalue weighted by Crippen LogP contribution is 2.36. The van der Waals surface area contributed by atoms with Crippen molar-refractivity contribution in [3.05, 3.63) is 33.9 Å². The Morgan fingerprint density at radius 3 is 2.80 bits per heavy atom. The Bertz CT molecular complexity index is 661. The van der Waals surface area contributed by atoms with Gasteiger partial charge in [0, 0.05) is 23.2 Å². The molecule has 1 aromatic carbocycles. The fourth-order valence-corrected chi connectivity index (χ4v) is 4.04. The molecule has 0 atom stereocenters. The summed E-state index contributed by atoms with van der Waals surface area (Å²) < 4.78 is 14.0. The molecule has 1 amide bonds. The van der Waals surface area contributed by atoms with Gasteiger partial charge >= 0.3 is 0 Å². The number of carbonyl (C=O) groups is 1. The van der Waals surface area contributed by atoms with E-state index < -0.39 is 0 Å². The molecular formula is C15H15ClFNOS. The van der Waals surface area contributed by atoms with Crippen molar-refractivity contribution in [1.82, 2.24) is 4.90 Å². The lowest BCUT2D eigenvalue weighted by Crippen LogP contribution is -2.37. The van der Waals surface area contributed by atoms with E-state index in [1.54, 1.807) is 6.07 Å². The van der Waals surface area contributed by atoms with Gasteiger partial charge in [0.1, 0.15) is 10.7 Å². The molecule has 20 heavy (non-hydrogen) atoms. The average molecular weight is 312 g/mol. The molecule has 0 aliphatic carbocycles. The lowest BCUT2D eigenvalue weighted by Gasteiger charge is -2.30. The van der Waals surface area contributed by atoms with Crippen LogP contribution in [0.3, 0.4) is 0 Å². The van der Waals surface area contributed by atoms with Gasteiger partial charge in [-0.15, -0.1) is 11.3 Å². The summed E-state index contributed by atoms with van der Waals surface area (Å²) in [6, 6.07) is 4.44. The predicted molar refractivity (Wildman–Crippen MR) is 81.1 cm³/mol. The summed E-state index contributed by atoms with van der Waals surface area (Å²) in [5.74, 6) is 0.343. The summed E-state index contributed by atoms with van der Waals surface area (Å²) >= 11 is 7.57. The Balaban J connectivity index is 1.93. The van der Waals surface area contributed by atoms with E-state index in [9.17, 15) is 9.18 Å². The molecular weight excluding hydrogens is 297 g/mol. The number of carbonyl (C=O) groups excluding carboxylic acids is 1. The highest BCUT2D eigenvalue weighted by atomic mass is 35.5. The molecule has 1 saturated heterocycles. The molecule has 1 aliphatic rings. The van der Waals surface area contributed by atoms with Crippen molar-refractivity contribution >= 4 is 38.9 Å². The third-order valence-corrected chi connectivity index (χ3v) is 5.50. The van der Waals surface area contributed by atoms with Crippen LogP contribution in [-0.4, -0.2) is 23.9 Å². The van der Waals surface area contributed by atoms with Crippen LogP contribution in [-0.2, 0) is 0 Å². The molecule has 1 aliphatic heterocycles. The monoisotopic (exact) mass is 311 g/mol. The Morgan fingerprint density at radius 1 is 1.40 bits per heavy atom. The maximum Gasteiger partial charge on any atom is 0.265 e. The first-order chi connectivity index (χ1) is 9.56. The van der Waals surface area contributed by atoms with Gasteiger partial charge in [-0.1, -0.05) is 18.5 Å². The molecule has 1 fully saturated rings. The molecule has 0 radical (unpaired) electrons. The van der Waals surface area contributed by atoms with Crippen LogP contribution in [0.25, 0.3) is 10.1 Å². The Morgan fingerprint density at radius 2 is 2.10 bits per heavy atom. The smallest absolute Gasteiger partial charge is 0.265 e. The number of piperidine rings is 1. The zero-order valence-electron chi connectivity index (χ0n) is 11.2. The quantitative estimate of drug-likeness (QED) is 0.755. The van der Waals surface area contributed by atoms with E-state index in [1.165, 1.54) is 23.5 Å². The van der Waals surface area contributed by atoms with Crippen LogP contribution in [0.1, 0.15) is 29.4 Å². The molecule has 0 spiro atoms. The summed E-state index contributed by atoms with van der Waals surface area (Å²) in [6.07, 6.45) is 2.06. The first-order valence-electron chi connectivity index (χ1n) is 6.73. The van der Waals surface area contributed by atoms with Crippen molar-refractivity contribution in [2.24, 2.45) is 5.92 Å². The summed E-state index contributed by atoms with van der Waals surface area (Å²) in [7, 11) is 0. The van der Waals surface area contributed by atoms with Crippen molar-refractivity contribution < 1.29 is 9.18 Å². The highest BCUT2D eigenvalue weighted by Gasteiger charge is 2.25. The first kappa shape index (κ1) is 13.8. The van der Waals surface area contributed by atoms with Crippen LogP contribution in [0.5, 0.6) is 0 Å². The number of hydrogen-bond donors (Lipinski definition) is 0. The van der Waals surface area contributed by atoms with Crippen LogP contribution in [0.4, 0.5) is 4.39 Å². The molecule has 106 valence electrons. The highest BCUT2D eigenvalue weighted by molar-refractivity contribution is 7.21. The summed E-state index contributed by atoms with van der Waals surface area (Å²) in [5, 5.41) is 1.21. The number of halogens is 2. The summed E-state index contributed by atoms with van der Waals surface area (Å²) in [6.45, 7) is 3.76. The predicted octanol–water partition coefficient (Wildman–Crippen LogP) is 4.57. The molecule has 2 nitrogen and oxygen atoms in total. The standard InChI is InChI=1S/C15H15ClFNOS/c1-9-4-6-18(7-5-9)15(19)14-13(16)11-3-2-10(17)8-12(11)20-14/h2-3,8-9H,4-7H2,1H3. The summed E-state index contributed by atoms with van der Waals surface area (Å²) in [4.78, 5) is 14.9. The van der Waals surface area contributed by atoms with E-state index in [0.717, 1.165) is 36.0 Å². The van der Waals surface area contributed by atoms with Crippen molar-refractivity contribution in [2.45, 2.75) is 19.8 Å². The van der Waals surface area contributed by atoms with E-state index in [1.807, 2.05) is 4.90 Å². The van der Waals surface area contributed by atoms with Gasteiger partial charge in [0.25, 0.3) is 5.91 Å². The number of rotatable bonds is 1. The topological polar surface area (TPSA) is 20.3 Å². The van der Waals surface area contributed by atoms with E-state index in [2.05, 4.69) is 6.92 Å². The van der Waals surface area contributed by atoms with E-state index in [-0.39, 0.29) is 11.7 Å². The normalized spacial score (nSPS) is 16.9. The number of likely N-dealkylation sites (tertiary alicyclic amines) is 1. The third-order valence-electron chi connectivity index (χ3n) is 3.86. The minimum absolute atomic E-state index is 0.0245. The lowest BCUT2D eigenvalue weighted by atomic mass is 9.99. The minimum atomic E-state index is -0.304. The zero-order valence-corrected chi connectivity index (χ0v) is 12.7. The SMILES string of the molecule is CC1CCN(C(=O)c2sc3cc(F)ccc3c2Cl)CC1. The first-order valence-corrected chi connectivity index (χ1v) is 7.92. The van der Waals surface area contributed by atoms with Crippen LogP contribution in [0.2, 0.25) is 5.02 Å². The number of thiophene rings is 1. The van der Waals surface area contributed by atoms with Gasteiger partial charge in [-0.05, 0) is 37.0 Å². The van der Waals surface area contributed by atoms with Crippen LogP contribution < -0.4 is 0 Å². The van der Waals surface area contributed by atoms with E-state index in [0.29, 0.717) is 15.8 Å². The molecule has 0 saturated carbocycles. The van der Waals surface area contributed by atoms with Crippen molar-refractivity contribution in [2.75, 3.05) is 13.1 Å². The largest absolute Gasteiger partial charge is 0.338 e. The fourth-order valence-electron chi connectivity index (χ4n) is 2.53. The van der Waals surface area contributed by atoms with Crippen molar-refractivity contribution in [3.8, 4) is 0 Å². The number of benzene rings is 1. The maximum atomic E-state index is 13.2. The average Bonchev–Trinajstić information content (AvgIpc) is 2.75. The molecule has 2 aromatic rings. The van der Waals surface area contributed by atoms with E-state index in [4.69, 9.17) is 11.6 Å². The van der Waals surface area contributed by atoms with Crippen LogP contribution >= 0.6 is 22.9 Å². The van der Waals surface area contributed by atoms with Gasteiger partial charge < -0.3 is 4.90 Å². The zero-order chi connectivity index (χ0) is 14.3. The van der Waals surface area contributed by atoms with Gasteiger partial charge in [-0.25, -0.2) is 4.39 Å². The fraction of sp³-hybridized carbons (Fsp3) is 0.400. The number of hydrogen-bond acceptors (Lipinski definition) is 2. The van der Waals surface area contributed by atoms with Gasteiger partial charge in [0.15, 0.2) is 0 Å². The molecule has 1 aromatic heterocycles. The molecule has 0 bridgehead atoms. The molecule has 5 heteroatoms. The second kappa shape index (κ2) is 5.34. The van der Waals surface area contributed by atoms with Gasteiger partial charge in [-0.3, -0.25) is 4.79 Å². The van der Waals surface area contributed by atoms with Crippen molar-refractivity contribution in [3.63, 3.8) is 0 Å². The Hall–Kier alpha value is -1.13. The molecule has 0 unspecified atom stereocenters. The van der Waals surface area contributed by atoms with Crippen LogP contribution in [0.15, 0.2) is 18.2 Å². The molecule has 0 N–H and O–H groups in total.